The van der Waals surface area contributed by atoms with Crippen molar-refractivity contribution in [1.82, 2.24) is 29.7 Å². The first-order valence-electron chi connectivity index (χ1n) is 10.5. The van der Waals surface area contributed by atoms with Crippen LogP contribution in [0.25, 0.3) is 27.9 Å². The van der Waals surface area contributed by atoms with E-state index in [1.165, 1.54) is 0 Å². The fourth-order valence-corrected chi connectivity index (χ4v) is 3.75. The van der Waals surface area contributed by atoms with Crippen LogP contribution in [0.1, 0.15) is 44.9 Å². The molecule has 0 spiro atoms. The third-order valence-electron chi connectivity index (χ3n) is 5.19. The zero-order valence-electron chi connectivity index (χ0n) is 19.2. The fraction of sp³-hybridized carbons (Fsp3) is 0.333. The number of benzene rings is 1. The summed E-state index contributed by atoms with van der Waals surface area (Å²) in [5.74, 6) is 0. The zero-order chi connectivity index (χ0) is 23.0. The van der Waals surface area contributed by atoms with Gasteiger partial charge in [-0.2, -0.15) is 10.2 Å². The van der Waals surface area contributed by atoms with Gasteiger partial charge in [0.1, 0.15) is 11.9 Å². The van der Waals surface area contributed by atoms with Crippen LogP contribution in [0, 0.1) is 6.92 Å². The van der Waals surface area contributed by atoms with Crippen molar-refractivity contribution in [1.29, 1.82) is 0 Å². The van der Waals surface area contributed by atoms with Crippen molar-refractivity contribution in [2.45, 2.75) is 46.3 Å². The lowest BCUT2D eigenvalue weighted by Gasteiger charge is -2.23. The van der Waals surface area contributed by atoms with E-state index < -0.39 is 11.7 Å². The molecule has 1 aromatic carbocycles. The molecule has 8 heteroatoms. The highest BCUT2D eigenvalue weighted by Gasteiger charge is 2.19. The van der Waals surface area contributed by atoms with E-state index in [-0.39, 0.29) is 6.04 Å². The molecule has 166 valence electrons. The predicted octanol–water partition coefficient (Wildman–Crippen LogP) is 4.69. The van der Waals surface area contributed by atoms with Crippen LogP contribution >= 0.6 is 0 Å². The molecule has 0 saturated carbocycles. The maximum atomic E-state index is 12.2. The van der Waals surface area contributed by atoms with E-state index in [2.05, 4.69) is 32.6 Å². The Labute approximate surface area is 187 Å². The average molecular weight is 433 g/mol. The lowest BCUT2D eigenvalue weighted by molar-refractivity contribution is 0.0508. The Morgan fingerprint density at radius 2 is 1.88 bits per heavy atom. The molecular formula is C24H28N6O2. The lowest BCUT2D eigenvalue weighted by atomic mass is 9.98. The summed E-state index contributed by atoms with van der Waals surface area (Å²) < 4.78 is 8.99. The first-order valence-corrected chi connectivity index (χ1v) is 10.5. The van der Waals surface area contributed by atoms with E-state index in [0.717, 1.165) is 39.0 Å². The average Bonchev–Trinajstić information content (AvgIpc) is 3.31. The largest absolute Gasteiger partial charge is 0.444 e. The Hall–Kier alpha value is -3.68. The summed E-state index contributed by atoms with van der Waals surface area (Å²) in [5.41, 5.74) is 6.35. The van der Waals surface area contributed by atoms with E-state index in [9.17, 15) is 4.79 Å². The van der Waals surface area contributed by atoms with Crippen LogP contribution in [0.15, 0.2) is 49.2 Å². The Bertz CT molecular complexity index is 1280. The molecule has 4 rings (SSSR count). The highest BCUT2D eigenvalue weighted by atomic mass is 16.6. The number of hydrogen-bond acceptors (Lipinski definition) is 5. The molecule has 3 aromatic heterocycles. The van der Waals surface area contributed by atoms with Crippen molar-refractivity contribution in [3.8, 4) is 22.4 Å². The van der Waals surface area contributed by atoms with Gasteiger partial charge in [-0.1, -0.05) is 12.1 Å². The maximum Gasteiger partial charge on any atom is 0.408 e. The van der Waals surface area contributed by atoms with Gasteiger partial charge in [0.25, 0.3) is 0 Å². The topological polar surface area (TPSA) is 86.3 Å². The van der Waals surface area contributed by atoms with Gasteiger partial charge in [-0.05, 0) is 57.9 Å². The Morgan fingerprint density at radius 1 is 1.09 bits per heavy atom. The summed E-state index contributed by atoms with van der Waals surface area (Å²) in [6.45, 7) is 9.52. The molecule has 3 heterocycles. The van der Waals surface area contributed by atoms with Gasteiger partial charge in [-0.3, -0.25) is 4.68 Å². The molecule has 0 aliphatic rings. The van der Waals surface area contributed by atoms with Gasteiger partial charge in [0.05, 0.1) is 23.4 Å². The summed E-state index contributed by atoms with van der Waals surface area (Å²) >= 11 is 0. The number of ether oxygens (including phenoxy) is 1. The molecular weight excluding hydrogens is 404 g/mol. The van der Waals surface area contributed by atoms with Crippen molar-refractivity contribution < 1.29 is 9.53 Å². The highest BCUT2D eigenvalue weighted by molar-refractivity contribution is 5.81. The van der Waals surface area contributed by atoms with E-state index in [4.69, 9.17) is 4.74 Å². The normalized spacial score (nSPS) is 12.7. The quantitative estimate of drug-likeness (QED) is 0.506. The molecule has 4 aromatic rings. The van der Waals surface area contributed by atoms with E-state index in [0.29, 0.717) is 0 Å². The minimum absolute atomic E-state index is 0.185. The van der Waals surface area contributed by atoms with Crippen molar-refractivity contribution in [2.75, 3.05) is 0 Å². The monoisotopic (exact) mass is 432 g/mol. The second-order valence-corrected chi connectivity index (χ2v) is 9.01. The van der Waals surface area contributed by atoms with Gasteiger partial charge in [-0.15, -0.1) is 0 Å². The first kappa shape index (κ1) is 21.5. The number of alkyl carbamates (subject to hydrolysis) is 1. The molecule has 0 fully saturated rings. The van der Waals surface area contributed by atoms with E-state index in [1.54, 1.807) is 11.0 Å². The lowest BCUT2D eigenvalue weighted by Crippen LogP contribution is -2.34. The SMILES string of the molecule is Cc1cc(-c2ncnn3cc(-c4cnn(C)c4)cc23)ccc1[C@@H](C)NC(=O)OC(C)(C)C. The van der Waals surface area contributed by atoms with Crippen LogP contribution in [0.3, 0.4) is 0 Å². The number of nitrogens with zero attached hydrogens (tertiary/aromatic N) is 5. The summed E-state index contributed by atoms with van der Waals surface area (Å²) in [6.07, 6.45) is 6.92. The third kappa shape index (κ3) is 4.49. The number of aryl methyl sites for hydroxylation is 2. The number of carbonyl (C=O) groups is 1. The van der Waals surface area contributed by atoms with Gasteiger partial charge in [0, 0.05) is 36.1 Å². The molecule has 1 N–H and O–H groups in total. The first-order chi connectivity index (χ1) is 15.1. The summed E-state index contributed by atoms with van der Waals surface area (Å²) in [6, 6.07) is 8.02. The number of amides is 1. The van der Waals surface area contributed by atoms with Crippen LogP contribution in [-0.2, 0) is 11.8 Å². The molecule has 0 bridgehead atoms. The number of hydrogen-bond donors (Lipinski definition) is 1. The second-order valence-electron chi connectivity index (χ2n) is 9.01. The Balaban J connectivity index is 1.63. The molecule has 1 amide bonds. The summed E-state index contributed by atoms with van der Waals surface area (Å²) in [7, 11) is 1.90. The zero-order valence-corrected chi connectivity index (χ0v) is 19.2. The Morgan fingerprint density at radius 3 is 2.53 bits per heavy atom. The van der Waals surface area contributed by atoms with Crippen molar-refractivity contribution in [2.24, 2.45) is 7.05 Å². The molecule has 8 nitrogen and oxygen atoms in total. The standard InChI is InChI=1S/C24H28N6O2/c1-15-9-17(7-8-20(15)16(2)28-23(31)32-24(3,4)5)22-21-10-18(13-30(21)27-14-25-22)19-11-26-29(6)12-19/h7-14,16H,1-6H3,(H,28,31)/t16-/m1/s1. The molecule has 0 unspecified atom stereocenters. The Kier molecular flexibility index (Phi) is 5.46. The maximum absolute atomic E-state index is 12.2. The van der Waals surface area contributed by atoms with Gasteiger partial charge in [0.15, 0.2) is 0 Å². The molecule has 1 atom stereocenters. The molecule has 0 radical (unpaired) electrons. The van der Waals surface area contributed by atoms with Crippen LogP contribution < -0.4 is 5.32 Å². The minimum Gasteiger partial charge on any atom is -0.444 e. The number of nitrogens with one attached hydrogen (secondary N) is 1. The fourth-order valence-electron chi connectivity index (χ4n) is 3.75. The second kappa shape index (κ2) is 8.11. The van der Waals surface area contributed by atoms with E-state index in [1.807, 2.05) is 76.9 Å². The van der Waals surface area contributed by atoms with Crippen molar-refractivity contribution >= 4 is 11.6 Å². The number of aromatic nitrogens is 5. The van der Waals surface area contributed by atoms with Gasteiger partial charge >= 0.3 is 6.09 Å². The molecule has 0 saturated heterocycles. The van der Waals surface area contributed by atoms with Crippen LogP contribution in [0.4, 0.5) is 4.79 Å². The highest BCUT2D eigenvalue weighted by Crippen LogP contribution is 2.30. The van der Waals surface area contributed by atoms with Gasteiger partial charge in [-0.25, -0.2) is 14.3 Å². The van der Waals surface area contributed by atoms with Gasteiger partial charge in [0.2, 0.25) is 0 Å². The number of rotatable bonds is 4. The number of fused-ring (bicyclic) bond motifs is 1. The number of carbonyl (C=O) groups excluding carboxylic acids is 1. The predicted molar refractivity (Wildman–Crippen MR) is 123 cm³/mol. The van der Waals surface area contributed by atoms with Crippen LogP contribution in [0.5, 0.6) is 0 Å². The van der Waals surface area contributed by atoms with Crippen molar-refractivity contribution in [3.05, 3.63) is 60.3 Å². The van der Waals surface area contributed by atoms with E-state index >= 15 is 0 Å². The van der Waals surface area contributed by atoms with Gasteiger partial charge < -0.3 is 10.1 Å². The van der Waals surface area contributed by atoms with Crippen LogP contribution in [-0.4, -0.2) is 36.1 Å². The summed E-state index contributed by atoms with van der Waals surface area (Å²) in [4.78, 5) is 16.7. The van der Waals surface area contributed by atoms with Crippen LogP contribution in [0.2, 0.25) is 0 Å². The van der Waals surface area contributed by atoms with Crippen molar-refractivity contribution in [3.63, 3.8) is 0 Å². The smallest absolute Gasteiger partial charge is 0.408 e. The minimum atomic E-state index is -0.535. The molecule has 0 aliphatic carbocycles. The summed E-state index contributed by atoms with van der Waals surface area (Å²) in [5, 5.41) is 11.5. The third-order valence-corrected chi connectivity index (χ3v) is 5.19. The molecule has 32 heavy (non-hydrogen) atoms. The molecule has 0 aliphatic heterocycles.